The van der Waals surface area contributed by atoms with Gasteiger partial charge in [0.1, 0.15) is 6.33 Å². The number of rotatable bonds is 6. The molecular formula is C15H23F2N3O. The van der Waals surface area contributed by atoms with E-state index in [1.807, 2.05) is 13.0 Å². The maximum absolute atomic E-state index is 13.3. The standard InChI is InChI=1S/C15H23F2N3O/c1-3-18-13(11-4-6-15(16,17)7-5-11)8-12-9-14(21-2)20-10-19-12/h9-11,13,18H,3-8H2,1-2H3. The van der Waals surface area contributed by atoms with Gasteiger partial charge in [0.25, 0.3) is 0 Å². The first-order chi connectivity index (χ1) is 10.0. The highest BCUT2D eigenvalue weighted by molar-refractivity contribution is 5.14. The Balaban J connectivity index is 2.01. The number of ether oxygens (including phenoxy) is 1. The van der Waals surface area contributed by atoms with Crippen molar-refractivity contribution in [2.24, 2.45) is 5.92 Å². The molecule has 1 fully saturated rings. The van der Waals surface area contributed by atoms with Gasteiger partial charge in [0.2, 0.25) is 11.8 Å². The Labute approximate surface area is 124 Å². The van der Waals surface area contributed by atoms with Gasteiger partial charge in [-0.25, -0.2) is 18.7 Å². The summed E-state index contributed by atoms with van der Waals surface area (Å²) in [6.45, 7) is 2.85. The predicted molar refractivity (Wildman–Crippen MR) is 76.7 cm³/mol. The van der Waals surface area contributed by atoms with Crippen LogP contribution in [0.5, 0.6) is 5.88 Å². The molecule has 0 aliphatic heterocycles. The van der Waals surface area contributed by atoms with Gasteiger partial charge in [-0.05, 0) is 25.3 Å². The zero-order valence-corrected chi connectivity index (χ0v) is 12.6. The molecule has 118 valence electrons. The van der Waals surface area contributed by atoms with Crippen molar-refractivity contribution in [2.45, 2.75) is 51.0 Å². The normalized spacial score (nSPS) is 20.2. The first-order valence-corrected chi connectivity index (χ1v) is 7.50. The van der Waals surface area contributed by atoms with Crippen molar-refractivity contribution >= 4 is 0 Å². The summed E-state index contributed by atoms with van der Waals surface area (Å²) in [5.41, 5.74) is 0.880. The molecule has 0 amide bonds. The van der Waals surface area contributed by atoms with E-state index in [-0.39, 0.29) is 24.8 Å². The smallest absolute Gasteiger partial charge is 0.248 e. The molecule has 0 aromatic carbocycles. The lowest BCUT2D eigenvalue weighted by Crippen LogP contribution is -2.41. The van der Waals surface area contributed by atoms with E-state index < -0.39 is 5.92 Å². The Morgan fingerprint density at radius 3 is 2.71 bits per heavy atom. The summed E-state index contributed by atoms with van der Waals surface area (Å²) in [6.07, 6.45) is 3.30. The molecule has 0 saturated heterocycles. The molecule has 1 aliphatic carbocycles. The molecule has 1 aliphatic rings. The topological polar surface area (TPSA) is 47.0 Å². The Bertz CT molecular complexity index is 446. The first kappa shape index (κ1) is 16.1. The molecule has 0 bridgehead atoms. The quantitative estimate of drug-likeness (QED) is 0.877. The predicted octanol–water partition coefficient (Wildman–Crippen LogP) is 2.83. The molecule has 1 heterocycles. The van der Waals surface area contributed by atoms with Crippen LogP contribution in [0.15, 0.2) is 12.4 Å². The average molecular weight is 299 g/mol. The second kappa shape index (κ2) is 7.11. The minimum absolute atomic E-state index is 0.00729. The lowest BCUT2D eigenvalue weighted by atomic mass is 9.80. The van der Waals surface area contributed by atoms with Gasteiger partial charge in [-0.15, -0.1) is 0 Å². The number of nitrogens with one attached hydrogen (secondary N) is 1. The maximum atomic E-state index is 13.3. The molecule has 1 aromatic heterocycles. The van der Waals surface area contributed by atoms with Crippen LogP contribution in [0.25, 0.3) is 0 Å². The fraction of sp³-hybridized carbons (Fsp3) is 0.733. The fourth-order valence-electron chi connectivity index (χ4n) is 2.96. The third kappa shape index (κ3) is 4.59. The lowest BCUT2D eigenvalue weighted by Gasteiger charge is -2.34. The maximum Gasteiger partial charge on any atom is 0.248 e. The molecule has 2 rings (SSSR count). The van der Waals surface area contributed by atoms with Crippen molar-refractivity contribution in [3.8, 4) is 5.88 Å². The van der Waals surface area contributed by atoms with Crippen molar-refractivity contribution in [1.29, 1.82) is 0 Å². The van der Waals surface area contributed by atoms with Gasteiger partial charge in [0, 0.05) is 37.1 Å². The highest BCUT2D eigenvalue weighted by atomic mass is 19.3. The molecule has 1 N–H and O–H groups in total. The average Bonchev–Trinajstić information content (AvgIpc) is 2.47. The minimum atomic E-state index is -2.48. The van der Waals surface area contributed by atoms with Gasteiger partial charge in [-0.3, -0.25) is 0 Å². The zero-order chi connectivity index (χ0) is 15.3. The van der Waals surface area contributed by atoms with Crippen molar-refractivity contribution in [1.82, 2.24) is 15.3 Å². The SMILES string of the molecule is CCNC(Cc1cc(OC)ncn1)C1CCC(F)(F)CC1. The van der Waals surface area contributed by atoms with Crippen LogP contribution >= 0.6 is 0 Å². The summed E-state index contributed by atoms with van der Waals surface area (Å²) in [6, 6.07) is 1.98. The minimum Gasteiger partial charge on any atom is -0.481 e. The molecular weight excluding hydrogens is 276 g/mol. The summed E-state index contributed by atoms with van der Waals surface area (Å²) in [5, 5.41) is 3.42. The van der Waals surface area contributed by atoms with E-state index in [4.69, 9.17) is 4.74 Å². The third-order valence-corrected chi connectivity index (χ3v) is 4.13. The molecule has 1 aromatic rings. The monoisotopic (exact) mass is 299 g/mol. The Morgan fingerprint density at radius 1 is 1.38 bits per heavy atom. The number of likely N-dealkylation sites (N-methyl/N-ethyl adjacent to an activating group) is 1. The van der Waals surface area contributed by atoms with E-state index in [0.29, 0.717) is 25.1 Å². The molecule has 0 spiro atoms. The Kier molecular flexibility index (Phi) is 5.45. The van der Waals surface area contributed by atoms with Crippen LogP contribution in [0, 0.1) is 5.92 Å². The van der Waals surface area contributed by atoms with E-state index in [9.17, 15) is 8.78 Å². The molecule has 1 unspecified atom stereocenters. The van der Waals surface area contributed by atoms with E-state index in [2.05, 4.69) is 15.3 Å². The van der Waals surface area contributed by atoms with Crippen molar-refractivity contribution in [3.05, 3.63) is 18.1 Å². The Morgan fingerprint density at radius 2 is 2.10 bits per heavy atom. The second-order valence-electron chi connectivity index (χ2n) is 5.61. The Hall–Kier alpha value is -1.30. The van der Waals surface area contributed by atoms with Gasteiger partial charge in [-0.2, -0.15) is 0 Å². The van der Waals surface area contributed by atoms with E-state index in [1.54, 1.807) is 7.11 Å². The number of halogens is 2. The fourth-order valence-corrected chi connectivity index (χ4v) is 2.96. The van der Waals surface area contributed by atoms with Gasteiger partial charge in [-0.1, -0.05) is 6.92 Å². The zero-order valence-electron chi connectivity index (χ0n) is 12.6. The van der Waals surface area contributed by atoms with Crippen molar-refractivity contribution in [3.63, 3.8) is 0 Å². The lowest BCUT2D eigenvalue weighted by molar-refractivity contribution is -0.0495. The van der Waals surface area contributed by atoms with E-state index in [0.717, 1.165) is 12.2 Å². The van der Waals surface area contributed by atoms with Crippen LogP contribution in [0.1, 0.15) is 38.3 Å². The van der Waals surface area contributed by atoms with Gasteiger partial charge in [0.05, 0.1) is 7.11 Å². The van der Waals surface area contributed by atoms with E-state index >= 15 is 0 Å². The number of methoxy groups -OCH3 is 1. The van der Waals surface area contributed by atoms with Gasteiger partial charge >= 0.3 is 0 Å². The highest BCUT2D eigenvalue weighted by Crippen LogP contribution is 2.38. The summed E-state index contributed by atoms with van der Waals surface area (Å²) in [4.78, 5) is 8.24. The highest BCUT2D eigenvalue weighted by Gasteiger charge is 2.37. The van der Waals surface area contributed by atoms with Crippen molar-refractivity contribution < 1.29 is 13.5 Å². The number of nitrogens with zero attached hydrogens (tertiary/aromatic N) is 2. The molecule has 0 radical (unpaired) electrons. The van der Waals surface area contributed by atoms with Crippen LogP contribution in [-0.4, -0.2) is 35.6 Å². The van der Waals surface area contributed by atoms with Crippen LogP contribution in [0.2, 0.25) is 0 Å². The summed E-state index contributed by atoms with van der Waals surface area (Å²) in [7, 11) is 1.57. The van der Waals surface area contributed by atoms with Crippen LogP contribution < -0.4 is 10.1 Å². The summed E-state index contributed by atoms with van der Waals surface area (Å²) < 4.78 is 31.7. The third-order valence-electron chi connectivity index (χ3n) is 4.13. The van der Waals surface area contributed by atoms with Crippen LogP contribution in [0.4, 0.5) is 8.78 Å². The second-order valence-corrected chi connectivity index (χ2v) is 5.61. The molecule has 21 heavy (non-hydrogen) atoms. The molecule has 6 heteroatoms. The summed E-state index contributed by atoms with van der Waals surface area (Å²) in [5.74, 6) is -1.68. The van der Waals surface area contributed by atoms with E-state index in [1.165, 1.54) is 6.33 Å². The number of hydrogen-bond donors (Lipinski definition) is 1. The van der Waals surface area contributed by atoms with Crippen LogP contribution in [0.3, 0.4) is 0 Å². The molecule has 1 saturated carbocycles. The number of aromatic nitrogens is 2. The number of hydrogen-bond acceptors (Lipinski definition) is 4. The van der Waals surface area contributed by atoms with Gasteiger partial charge < -0.3 is 10.1 Å². The first-order valence-electron chi connectivity index (χ1n) is 7.50. The van der Waals surface area contributed by atoms with Crippen molar-refractivity contribution in [2.75, 3.05) is 13.7 Å². The molecule has 1 atom stereocenters. The molecule has 4 nitrogen and oxygen atoms in total. The van der Waals surface area contributed by atoms with Gasteiger partial charge in [0.15, 0.2) is 0 Å². The largest absolute Gasteiger partial charge is 0.481 e. The summed E-state index contributed by atoms with van der Waals surface area (Å²) >= 11 is 0. The van der Waals surface area contributed by atoms with Crippen LogP contribution in [-0.2, 0) is 6.42 Å². The number of alkyl halides is 2.